The van der Waals surface area contributed by atoms with E-state index in [-0.39, 0.29) is 25.0 Å². The van der Waals surface area contributed by atoms with Crippen molar-refractivity contribution in [3.05, 3.63) is 35.9 Å². The zero-order valence-electron chi connectivity index (χ0n) is 16.3. The Labute approximate surface area is 155 Å². The number of ether oxygens (including phenoxy) is 3. The minimum absolute atomic E-state index is 0.218. The number of benzene rings is 1. The maximum atomic E-state index is 12.5. The summed E-state index contributed by atoms with van der Waals surface area (Å²) in [6.07, 6.45) is 0.259. The zero-order chi connectivity index (χ0) is 19.4. The molecule has 1 aliphatic heterocycles. The van der Waals surface area contributed by atoms with Crippen LogP contribution in [0.5, 0.6) is 0 Å². The van der Waals surface area contributed by atoms with Crippen molar-refractivity contribution in [2.45, 2.75) is 71.4 Å². The number of rotatable bonds is 5. The van der Waals surface area contributed by atoms with Crippen molar-refractivity contribution in [2.75, 3.05) is 6.61 Å². The summed E-state index contributed by atoms with van der Waals surface area (Å²) in [7, 11) is 0. The molecule has 1 aromatic carbocycles. The second-order valence-electron chi connectivity index (χ2n) is 7.95. The molecular formula is C20H29NO5. The molecule has 1 unspecified atom stereocenters. The molecule has 1 aromatic rings. The summed E-state index contributed by atoms with van der Waals surface area (Å²) in [6, 6.07) is 9.32. The van der Waals surface area contributed by atoms with Crippen molar-refractivity contribution < 1.29 is 23.8 Å². The fraction of sp³-hybridized carbons (Fsp3) is 0.600. The predicted molar refractivity (Wildman–Crippen MR) is 97.4 cm³/mol. The van der Waals surface area contributed by atoms with Gasteiger partial charge in [-0.3, -0.25) is 9.69 Å². The summed E-state index contributed by atoms with van der Waals surface area (Å²) in [5.41, 5.74) is -0.405. The van der Waals surface area contributed by atoms with Crippen molar-refractivity contribution in [1.29, 1.82) is 0 Å². The first kappa shape index (κ1) is 20.2. The lowest BCUT2D eigenvalue weighted by atomic mass is 10.1. The van der Waals surface area contributed by atoms with Crippen molar-refractivity contribution >= 4 is 12.1 Å². The van der Waals surface area contributed by atoms with E-state index in [4.69, 9.17) is 14.2 Å². The van der Waals surface area contributed by atoms with Gasteiger partial charge in [-0.1, -0.05) is 30.3 Å². The van der Waals surface area contributed by atoms with E-state index in [2.05, 4.69) is 0 Å². The highest BCUT2D eigenvalue weighted by Crippen LogP contribution is 2.31. The van der Waals surface area contributed by atoms with Gasteiger partial charge >= 0.3 is 12.1 Å². The van der Waals surface area contributed by atoms with Crippen LogP contribution < -0.4 is 0 Å². The van der Waals surface area contributed by atoms with Gasteiger partial charge in [0.05, 0.1) is 12.6 Å². The van der Waals surface area contributed by atoms with Gasteiger partial charge in [0.2, 0.25) is 0 Å². The first-order valence-electron chi connectivity index (χ1n) is 8.94. The van der Waals surface area contributed by atoms with Gasteiger partial charge in [0.1, 0.15) is 17.9 Å². The van der Waals surface area contributed by atoms with Crippen LogP contribution >= 0.6 is 0 Å². The van der Waals surface area contributed by atoms with E-state index >= 15 is 0 Å². The Balaban J connectivity index is 1.88. The first-order valence-corrected chi connectivity index (χ1v) is 8.94. The minimum Gasteiger partial charge on any atom is -0.461 e. The Bertz CT molecular complexity index is 621. The van der Waals surface area contributed by atoms with E-state index < -0.39 is 17.4 Å². The van der Waals surface area contributed by atoms with Gasteiger partial charge in [0.15, 0.2) is 0 Å². The van der Waals surface area contributed by atoms with Crippen LogP contribution in [0.25, 0.3) is 0 Å². The Morgan fingerprint density at radius 3 is 2.50 bits per heavy atom. The van der Waals surface area contributed by atoms with E-state index in [0.717, 1.165) is 5.56 Å². The second kappa shape index (κ2) is 8.08. The number of hydrogen-bond acceptors (Lipinski definition) is 5. The van der Waals surface area contributed by atoms with Crippen LogP contribution in [0.3, 0.4) is 0 Å². The lowest BCUT2D eigenvalue weighted by molar-refractivity contribution is -0.145. The molecule has 0 aromatic heterocycles. The summed E-state index contributed by atoms with van der Waals surface area (Å²) in [6.45, 7) is 9.75. The Morgan fingerprint density at radius 2 is 1.88 bits per heavy atom. The lowest BCUT2D eigenvalue weighted by Gasteiger charge is -2.35. The lowest BCUT2D eigenvalue weighted by Crippen LogP contribution is -2.49. The quantitative estimate of drug-likeness (QED) is 0.743. The molecule has 1 saturated heterocycles. The van der Waals surface area contributed by atoms with Gasteiger partial charge in [-0.15, -0.1) is 0 Å². The largest absolute Gasteiger partial charge is 0.461 e. The van der Waals surface area contributed by atoms with E-state index in [1.165, 1.54) is 0 Å². The third-order valence-corrected chi connectivity index (χ3v) is 4.09. The number of carbonyl (C=O) groups is 2. The van der Waals surface area contributed by atoms with E-state index in [1.54, 1.807) is 4.90 Å². The monoisotopic (exact) mass is 363 g/mol. The third-order valence-electron chi connectivity index (χ3n) is 4.09. The van der Waals surface area contributed by atoms with Crippen LogP contribution in [-0.2, 0) is 25.6 Å². The molecule has 6 nitrogen and oxygen atoms in total. The van der Waals surface area contributed by atoms with Crippen LogP contribution in [0.15, 0.2) is 30.3 Å². The van der Waals surface area contributed by atoms with Gasteiger partial charge in [0, 0.05) is 6.42 Å². The van der Waals surface area contributed by atoms with Gasteiger partial charge in [-0.05, 0) is 46.6 Å². The number of nitrogens with zero attached hydrogens (tertiary/aromatic N) is 1. The Hall–Kier alpha value is -2.08. The normalized spacial score (nSPS) is 19.3. The van der Waals surface area contributed by atoms with Crippen molar-refractivity contribution in [3.63, 3.8) is 0 Å². The summed E-state index contributed by atoms with van der Waals surface area (Å²) < 4.78 is 16.5. The molecule has 0 N–H and O–H groups in total. The highest BCUT2D eigenvalue weighted by atomic mass is 16.6. The summed E-state index contributed by atoms with van der Waals surface area (Å²) in [4.78, 5) is 26.2. The fourth-order valence-electron chi connectivity index (χ4n) is 2.87. The first-order chi connectivity index (χ1) is 12.1. The summed E-state index contributed by atoms with van der Waals surface area (Å²) >= 11 is 0. The Kier molecular flexibility index (Phi) is 6.29. The number of esters is 1. The number of carbonyl (C=O) groups excluding carboxylic acids is 2. The van der Waals surface area contributed by atoms with Crippen LogP contribution in [0.1, 0.15) is 53.0 Å². The molecule has 0 bridgehead atoms. The van der Waals surface area contributed by atoms with Crippen LogP contribution in [0.2, 0.25) is 0 Å². The summed E-state index contributed by atoms with van der Waals surface area (Å²) in [5.74, 6) is -0.289. The predicted octanol–water partition coefficient (Wildman–Crippen LogP) is 3.88. The van der Waals surface area contributed by atoms with E-state index in [1.807, 2.05) is 65.0 Å². The molecule has 1 atom stereocenters. The highest BCUT2D eigenvalue weighted by molar-refractivity contribution is 5.71. The van der Waals surface area contributed by atoms with Crippen LogP contribution in [0.4, 0.5) is 4.79 Å². The molecule has 1 aliphatic rings. The topological polar surface area (TPSA) is 65.1 Å². The SMILES string of the molecule is CC(C)(C)OC(=O)N1C(CCC(=O)OCc2ccccc2)COC1(C)C. The van der Waals surface area contributed by atoms with E-state index in [9.17, 15) is 9.59 Å². The second-order valence-corrected chi connectivity index (χ2v) is 7.95. The smallest absolute Gasteiger partial charge is 0.412 e. The average Bonchev–Trinajstić information content (AvgIpc) is 2.85. The molecule has 26 heavy (non-hydrogen) atoms. The minimum atomic E-state index is -0.763. The molecule has 1 amide bonds. The highest BCUT2D eigenvalue weighted by Gasteiger charge is 2.45. The Morgan fingerprint density at radius 1 is 1.23 bits per heavy atom. The van der Waals surface area contributed by atoms with Gasteiger partial charge in [-0.2, -0.15) is 0 Å². The molecule has 0 radical (unpaired) electrons. The van der Waals surface area contributed by atoms with E-state index in [0.29, 0.717) is 13.0 Å². The van der Waals surface area contributed by atoms with Crippen LogP contribution in [0, 0.1) is 0 Å². The molecule has 0 aliphatic carbocycles. The standard InChI is InChI=1S/C20H29NO5/c1-19(2,3)26-18(23)21-16(14-25-20(21,4)5)11-12-17(22)24-13-15-9-7-6-8-10-15/h6-10,16H,11-14H2,1-5H3. The molecule has 2 rings (SSSR count). The van der Waals surface area contributed by atoms with Crippen molar-refractivity contribution in [3.8, 4) is 0 Å². The number of hydrogen-bond donors (Lipinski definition) is 0. The fourth-order valence-corrected chi connectivity index (χ4v) is 2.87. The molecule has 144 valence electrons. The molecule has 6 heteroatoms. The van der Waals surface area contributed by atoms with Gasteiger partial charge in [0.25, 0.3) is 0 Å². The van der Waals surface area contributed by atoms with Gasteiger partial charge < -0.3 is 14.2 Å². The molecular weight excluding hydrogens is 334 g/mol. The zero-order valence-corrected chi connectivity index (χ0v) is 16.3. The maximum Gasteiger partial charge on any atom is 0.412 e. The summed E-state index contributed by atoms with van der Waals surface area (Å²) in [5, 5.41) is 0. The van der Waals surface area contributed by atoms with Crippen molar-refractivity contribution in [2.24, 2.45) is 0 Å². The maximum absolute atomic E-state index is 12.5. The van der Waals surface area contributed by atoms with Crippen molar-refractivity contribution in [1.82, 2.24) is 4.90 Å². The third kappa shape index (κ3) is 5.73. The molecule has 0 saturated carbocycles. The van der Waals surface area contributed by atoms with Gasteiger partial charge in [-0.25, -0.2) is 4.79 Å². The van der Waals surface area contributed by atoms with Crippen LogP contribution in [-0.4, -0.2) is 40.9 Å². The number of amides is 1. The molecule has 0 spiro atoms. The molecule has 1 fully saturated rings. The average molecular weight is 363 g/mol. The molecule has 1 heterocycles.